The van der Waals surface area contributed by atoms with Gasteiger partial charge >= 0.3 is 0 Å². The van der Waals surface area contributed by atoms with Crippen molar-refractivity contribution in [2.45, 2.75) is 43.7 Å². The molecule has 0 saturated carbocycles. The van der Waals surface area contributed by atoms with Crippen molar-refractivity contribution in [1.82, 2.24) is 20.3 Å². The van der Waals surface area contributed by atoms with Gasteiger partial charge in [0.25, 0.3) is 0 Å². The number of nitrogens with zero attached hydrogens (tertiary/aromatic N) is 3. The third kappa shape index (κ3) is 4.23. The predicted molar refractivity (Wildman–Crippen MR) is 96.6 cm³/mol. The Morgan fingerprint density at radius 2 is 2.16 bits per heavy atom. The molecule has 4 heterocycles. The van der Waals surface area contributed by atoms with Crippen molar-refractivity contribution in [3.05, 3.63) is 29.7 Å². The zero-order chi connectivity index (χ0) is 17.0. The largest absolute Gasteiger partial charge is 0.381 e. The second-order valence-electron chi connectivity index (χ2n) is 6.77. The molecule has 1 atom stereocenters. The fourth-order valence-corrected chi connectivity index (χ4v) is 4.46. The fourth-order valence-electron chi connectivity index (χ4n) is 3.65. The molecular formula is C18H24N4O2S. The first kappa shape index (κ1) is 17.0. The third-order valence-electron chi connectivity index (χ3n) is 5.05. The number of rotatable bonds is 5. The quantitative estimate of drug-likeness (QED) is 0.883. The van der Waals surface area contributed by atoms with Crippen molar-refractivity contribution >= 4 is 11.3 Å². The lowest BCUT2D eigenvalue weighted by molar-refractivity contribution is -0.140. The summed E-state index contributed by atoms with van der Waals surface area (Å²) in [6, 6.07) is 0.532. The van der Waals surface area contributed by atoms with Gasteiger partial charge in [0.05, 0.1) is 17.5 Å². The van der Waals surface area contributed by atoms with Crippen LogP contribution in [0.3, 0.4) is 0 Å². The van der Waals surface area contributed by atoms with Gasteiger partial charge in [-0.05, 0) is 25.7 Å². The van der Waals surface area contributed by atoms with Crippen molar-refractivity contribution in [2.75, 3.05) is 26.4 Å². The average Bonchev–Trinajstić information content (AvgIpc) is 3.12. The van der Waals surface area contributed by atoms with Gasteiger partial charge in [-0.2, -0.15) is 0 Å². The molecule has 2 aromatic heterocycles. The molecule has 0 aromatic carbocycles. The van der Waals surface area contributed by atoms with Crippen LogP contribution in [0.2, 0.25) is 0 Å². The van der Waals surface area contributed by atoms with Crippen LogP contribution in [-0.4, -0.2) is 53.0 Å². The molecule has 0 amide bonds. The Hall–Kier alpha value is -1.41. The van der Waals surface area contributed by atoms with Gasteiger partial charge in [-0.15, -0.1) is 11.3 Å². The number of hydrogen-bond donors (Lipinski definition) is 1. The molecule has 25 heavy (non-hydrogen) atoms. The summed E-state index contributed by atoms with van der Waals surface area (Å²) in [7, 11) is 0. The molecule has 6 nitrogen and oxygen atoms in total. The van der Waals surface area contributed by atoms with Crippen molar-refractivity contribution in [1.29, 1.82) is 0 Å². The van der Waals surface area contributed by atoms with Crippen LogP contribution < -0.4 is 5.32 Å². The minimum Gasteiger partial charge on any atom is -0.381 e. The highest BCUT2D eigenvalue weighted by Crippen LogP contribution is 2.34. The highest BCUT2D eigenvalue weighted by Gasteiger charge is 2.38. The first-order valence-electron chi connectivity index (χ1n) is 8.99. The average molecular weight is 360 g/mol. The van der Waals surface area contributed by atoms with Crippen molar-refractivity contribution < 1.29 is 9.47 Å². The van der Waals surface area contributed by atoms with Gasteiger partial charge in [-0.1, -0.05) is 0 Å². The summed E-state index contributed by atoms with van der Waals surface area (Å²) in [5.41, 5.74) is 2.01. The van der Waals surface area contributed by atoms with Crippen LogP contribution in [0.5, 0.6) is 0 Å². The summed E-state index contributed by atoms with van der Waals surface area (Å²) in [4.78, 5) is 13.1. The Kier molecular flexibility index (Phi) is 5.36. The van der Waals surface area contributed by atoms with Gasteiger partial charge in [0.2, 0.25) is 0 Å². The third-order valence-corrected chi connectivity index (χ3v) is 5.96. The SMILES string of the molecule is c1cnc(-c2nc(CCNC3CCOC4(CCOCC4)C3)cs2)cn1. The summed E-state index contributed by atoms with van der Waals surface area (Å²) < 4.78 is 11.6. The minimum atomic E-state index is 0.0495. The van der Waals surface area contributed by atoms with E-state index in [0.717, 1.165) is 74.9 Å². The second kappa shape index (κ2) is 7.86. The summed E-state index contributed by atoms with van der Waals surface area (Å²) in [6.45, 7) is 3.46. The van der Waals surface area contributed by atoms with Crippen molar-refractivity contribution in [3.63, 3.8) is 0 Å². The van der Waals surface area contributed by atoms with Gasteiger partial charge in [-0.25, -0.2) is 4.98 Å². The normalized spacial score (nSPS) is 23.0. The standard InChI is InChI=1S/C18H24N4O2S/c1(15-13-25-17(22-15)16-12-19-6-7-21-16)5-20-14-2-8-24-18(11-14)3-9-23-10-4-18/h6-7,12-14,20H,1-5,8-11H2. The molecule has 2 aromatic rings. The van der Waals surface area contributed by atoms with Crippen LogP contribution in [-0.2, 0) is 15.9 Å². The fraction of sp³-hybridized carbons (Fsp3) is 0.611. The number of thiazole rings is 1. The minimum absolute atomic E-state index is 0.0495. The molecule has 0 aliphatic carbocycles. The molecule has 1 spiro atoms. The van der Waals surface area contributed by atoms with Gasteiger partial charge in [0, 0.05) is 56.6 Å². The van der Waals surface area contributed by atoms with E-state index < -0.39 is 0 Å². The van der Waals surface area contributed by atoms with Gasteiger partial charge in [-0.3, -0.25) is 9.97 Å². The Morgan fingerprint density at radius 1 is 1.24 bits per heavy atom. The smallest absolute Gasteiger partial charge is 0.143 e. The summed E-state index contributed by atoms with van der Waals surface area (Å²) in [5, 5.41) is 6.77. The summed E-state index contributed by atoms with van der Waals surface area (Å²) in [5.74, 6) is 0. The lowest BCUT2D eigenvalue weighted by Gasteiger charge is -2.43. The summed E-state index contributed by atoms with van der Waals surface area (Å²) in [6.07, 6.45) is 10.3. The molecule has 134 valence electrons. The van der Waals surface area contributed by atoms with E-state index >= 15 is 0 Å². The Labute approximate surface area is 152 Å². The first-order valence-corrected chi connectivity index (χ1v) is 9.87. The molecule has 2 saturated heterocycles. The number of aromatic nitrogens is 3. The van der Waals surface area contributed by atoms with Gasteiger partial charge in [0.1, 0.15) is 10.7 Å². The van der Waals surface area contributed by atoms with E-state index in [2.05, 4.69) is 25.6 Å². The van der Waals surface area contributed by atoms with E-state index in [-0.39, 0.29) is 5.60 Å². The summed E-state index contributed by atoms with van der Waals surface area (Å²) >= 11 is 1.63. The number of ether oxygens (including phenoxy) is 2. The maximum atomic E-state index is 6.11. The van der Waals surface area contributed by atoms with E-state index in [9.17, 15) is 0 Å². The zero-order valence-corrected chi connectivity index (χ0v) is 15.1. The predicted octanol–water partition coefficient (Wildman–Crippen LogP) is 2.46. The molecule has 2 aliphatic heterocycles. The van der Waals surface area contributed by atoms with Crippen molar-refractivity contribution in [3.8, 4) is 10.7 Å². The molecule has 1 N–H and O–H groups in total. The molecule has 7 heteroatoms. The van der Waals surface area contributed by atoms with Gasteiger partial charge in [0.15, 0.2) is 0 Å². The lowest BCUT2D eigenvalue weighted by atomic mass is 9.84. The van der Waals surface area contributed by atoms with Crippen LogP contribution in [0.1, 0.15) is 31.4 Å². The maximum absolute atomic E-state index is 6.11. The Balaban J connectivity index is 1.27. The molecular weight excluding hydrogens is 336 g/mol. The molecule has 4 rings (SSSR count). The lowest BCUT2D eigenvalue weighted by Crippen LogP contribution is -2.50. The number of hydrogen-bond acceptors (Lipinski definition) is 7. The molecule has 2 aliphatic rings. The zero-order valence-electron chi connectivity index (χ0n) is 14.3. The molecule has 2 fully saturated rings. The Bertz CT molecular complexity index is 667. The van der Waals surface area contributed by atoms with E-state index in [1.54, 1.807) is 29.9 Å². The topological polar surface area (TPSA) is 69.2 Å². The first-order chi connectivity index (χ1) is 12.3. The van der Waals surface area contributed by atoms with E-state index in [1.807, 2.05) is 0 Å². The maximum Gasteiger partial charge on any atom is 0.143 e. The second-order valence-corrected chi connectivity index (χ2v) is 7.63. The van der Waals surface area contributed by atoms with Crippen LogP contribution in [0.25, 0.3) is 10.7 Å². The van der Waals surface area contributed by atoms with E-state index in [4.69, 9.17) is 9.47 Å². The monoisotopic (exact) mass is 360 g/mol. The Morgan fingerprint density at radius 3 is 3.00 bits per heavy atom. The van der Waals surface area contributed by atoms with E-state index in [0.29, 0.717) is 6.04 Å². The van der Waals surface area contributed by atoms with Crippen LogP contribution in [0, 0.1) is 0 Å². The molecule has 1 unspecified atom stereocenters. The molecule has 0 radical (unpaired) electrons. The number of nitrogens with one attached hydrogen (secondary N) is 1. The van der Waals surface area contributed by atoms with E-state index in [1.165, 1.54) is 0 Å². The van der Waals surface area contributed by atoms with Crippen LogP contribution >= 0.6 is 11.3 Å². The van der Waals surface area contributed by atoms with Crippen molar-refractivity contribution in [2.24, 2.45) is 0 Å². The van der Waals surface area contributed by atoms with Crippen LogP contribution in [0.4, 0.5) is 0 Å². The highest BCUT2D eigenvalue weighted by atomic mass is 32.1. The van der Waals surface area contributed by atoms with Crippen LogP contribution in [0.15, 0.2) is 24.0 Å². The highest BCUT2D eigenvalue weighted by molar-refractivity contribution is 7.13. The molecule has 0 bridgehead atoms. The van der Waals surface area contributed by atoms with Gasteiger partial charge < -0.3 is 14.8 Å².